The van der Waals surface area contributed by atoms with Crippen LogP contribution in [-0.4, -0.2) is 16.9 Å². The third kappa shape index (κ3) is 3.32. The molecule has 0 spiro atoms. The Morgan fingerprint density at radius 3 is 2.21 bits per heavy atom. The monoisotopic (exact) mass is 276 g/mol. The lowest BCUT2D eigenvalue weighted by atomic mass is 10.1. The molecule has 0 atom stereocenters. The second-order valence-electron chi connectivity index (χ2n) is 3.73. The molecule has 6 heteroatoms. The second-order valence-corrected chi connectivity index (χ2v) is 4.14. The first kappa shape index (κ1) is 13.1. The molecule has 0 aromatic heterocycles. The topological polar surface area (TPSA) is 58.2 Å². The molecule has 0 bridgehead atoms. The molecular formula is C13H9FN2O2S. The minimum Gasteiger partial charge on any atom is -0.299 e. The molecule has 2 rings (SSSR count). The van der Waals surface area contributed by atoms with E-state index < -0.39 is 11.8 Å². The van der Waals surface area contributed by atoms with Crippen LogP contribution in [0.4, 0.5) is 4.39 Å². The zero-order valence-corrected chi connectivity index (χ0v) is 10.5. The summed E-state index contributed by atoms with van der Waals surface area (Å²) in [6.07, 6.45) is 4.56. The second kappa shape index (κ2) is 5.53. The van der Waals surface area contributed by atoms with Crippen molar-refractivity contribution < 1.29 is 14.0 Å². The lowest BCUT2D eigenvalue weighted by molar-refractivity contribution is -0.123. The van der Waals surface area contributed by atoms with Crippen LogP contribution in [0.1, 0.15) is 5.56 Å². The molecule has 1 aromatic rings. The molecule has 2 N–H and O–H groups in total. The minimum atomic E-state index is -0.544. The van der Waals surface area contributed by atoms with Gasteiger partial charge in [0.15, 0.2) is 5.11 Å². The summed E-state index contributed by atoms with van der Waals surface area (Å²) in [6, 6.07) is 5.82. The number of hydrogen-bond donors (Lipinski definition) is 2. The predicted molar refractivity (Wildman–Crippen MR) is 72.4 cm³/mol. The van der Waals surface area contributed by atoms with Crippen molar-refractivity contribution >= 4 is 35.2 Å². The largest absolute Gasteiger partial charge is 0.299 e. The smallest absolute Gasteiger partial charge is 0.263 e. The van der Waals surface area contributed by atoms with Gasteiger partial charge in [0.1, 0.15) is 11.4 Å². The Bertz CT molecular complexity index is 584. The van der Waals surface area contributed by atoms with Crippen molar-refractivity contribution in [1.82, 2.24) is 10.6 Å². The highest BCUT2D eigenvalue weighted by atomic mass is 32.1. The first-order valence-corrected chi connectivity index (χ1v) is 5.77. The van der Waals surface area contributed by atoms with Gasteiger partial charge in [-0.2, -0.15) is 0 Å². The van der Waals surface area contributed by atoms with Gasteiger partial charge >= 0.3 is 0 Å². The SMILES string of the molecule is O=C1NC(=S)NC(=O)C1=CC=Cc1ccc(F)cc1. The van der Waals surface area contributed by atoms with E-state index in [9.17, 15) is 14.0 Å². The van der Waals surface area contributed by atoms with Crippen molar-refractivity contribution in [3.63, 3.8) is 0 Å². The highest BCUT2D eigenvalue weighted by molar-refractivity contribution is 7.80. The van der Waals surface area contributed by atoms with Crippen LogP contribution in [0.25, 0.3) is 6.08 Å². The van der Waals surface area contributed by atoms with Crippen LogP contribution in [0.15, 0.2) is 42.0 Å². The molecular weight excluding hydrogens is 267 g/mol. The first-order valence-electron chi connectivity index (χ1n) is 5.37. The Hall–Kier alpha value is -2.34. The molecule has 0 aliphatic carbocycles. The van der Waals surface area contributed by atoms with E-state index in [2.05, 4.69) is 22.9 Å². The summed E-state index contributed by atoms with van der Waals surface area (Å²) < 4.78 is 12.7. The summed E-state index contributed by atoms with van der Waals surface area (Å²) in [6.45, 7) is 0. The van der Waals surface area contributed by atoms with Crippen LogP contribution in [0.5, 0.6) is 0 Å². The first-order chi connectivity index (χ1) is 9.06. The van der Waals surface area contributed by atoms with E-state index in [0.717, 1.165) is 5.56 Å². The third-order valence-corrected chi connectivity index (χ3v) is 2.57. The van der Waals surface area contributed by atoms with Crippen molar-refractivity contribution in [2.24, 2.45) is 0 Å². The Kier molecular flexibility index (Phi) is 3.82. The van der Waals surface area contributed by atoms with Gasteiger partial charge in [-0.25, -0.2) is 4.39 Å². The number of rotatable bonds is 2. The van der Waals surface area contributed by atoms with Gasteiger partial charge in [0.05, 0.1) is 0 Å². The minimum absolute atomic E-state index is 0.00494. The van der Waals surface area contributed by atoms with Gasteiger partial charge in [0, 0.05) is 0 Å². The van der Waals surface area contributed by atoms with Crippen molar-refractivity contribution in [2.45, 2.75) is 0 Å². The predicted octanol–water partition coefficient (Wildman–Crippen LogP) is 1.30. The van der Waals surface area contributed by atoms with Gasteiger partial charge in [-0.05, 0) is 36.0 Å². The third-order valence-electron chi connectivity index (χ3n) is 2.36. The van der Waals surface area contributed by atoms with E-state index in [1.165, 1.54) is 24.3 Å². The van der Waals surface area contributed by atoms with Gasteiger partial charge in [-0.1, -0.05) is 24.3 Å². The lowest BCUT2D eigenvalue weighted by Crippen LogP contribution is -2.51. The molecule has 1 fully saturated rings. The number of halogens is 1. The number of allylic oxidation sites excluding steroid dienone is 2. The molecule has 1 aromatic carbocycles. The summed E-state index contributed by atoms with van der Waals surface area (Å²) in [7, 11) is 0. The van der Waals surface area contributed by atoms with Crippen LogP contribution in [0, 0.1) is 5.82 Å². The zero-order chi connectivity index (χ0) is 13.8. The normalized spacial score (nSPS) is 15.4. The number of carbonyl (C=O) groups excluding carboxylic acids is 2. The van der Waals surface area contributed by atoms with Crippen molar-refractivity contribution in [1.29, 1.82) is 0 Å². The zero-order valence-electron chi connectivity index (χ0n) is 9.64. The van der Waals surface area contributed by atoms with Crippen LogP contribution in [-0.2, 0) is 9.59 Å². The van der Waals surface area contributed by atoms with Gasteiger partial charge in [0.25, 0.3) is 11.8 Å². The van der Waals surface area contributed by atoms with E-state index in [4.69, 9.17) is 0 Å². The Morgan fingerprint density at radius 2 is 1.63 bits per heavy atom. The van der Waals surface area contributed by atoms with E-state index in [-0.39, 0.29) is 16.5 Å². The molecule has 96 valence electrons. The molecule has 0 unspecified atom stereocenters. The van der Waals surface area contributed by atoms with E-state index >= 15 is 0 Å². The van der Waals surface area contributed by atoms with Crippen LogP contribution in [0.3, 0.4) is 0 Å². The summed E-state index contributed by atoms with van der Waals surface area (Å²) in [5.41, 5.74) is 0.720. The van der Waals surface area contributed by atoms with Crippen molar-refractivity contribution in [3.05, 3.63) is 53.4 Å². The Labute approximate surface area is 114 Å². The number of carbonyl (C=O) groups is 2. The van der Waals surface area contributed by atoms with Crippen molar-refractivity contribution in [3.8, 4) is 0 Å². The number of hydrogen-bond acceptors (Lipinski definition) is 3. The fourth-order valence-electron chi connectivity index (χ4n) is 1.46. The highest BCUT2D eigenvalue weighted by Gasteiger charge is 2.24. The van der Waals surface area contributed by atoms with E-state index in [1.54, 1.807) is 18.2 Å². The highest BCUT2D eigenvalue weighted by Crippen LogP contribution is 2.06. The molecule has 1 heterocycles. The average Bonchev–Trinajstić information content (AvgIpc) is 2.34. The lowest BCUT2D eigenvalue weighted by Gasteiger charge is -2.15. The van der Waals surface area contributed by atoms with Crippen LogP contribution < -0.4 is 10.6 Å². The molecule has 4 nitrogen and oxygen atoms in total. The maximum Gasteiger partial charge on any atom is 0.263 e. The molecule has 0 radical (unpaired) electrons. The van der Waals surface area contributed by atoms with Gasteiger partial charge in [-0.15, -0.1) is 0 Å². The fourth-order valence-corrected chi connectivity index (χ4v) is 1.64. The molecule has 2 amide bonds. The maximum absolute atomic E-state index is 12.7. The van der Waals surface area contributed by atoms with E-state index in [1.807, 2.05) is 0 Å². The number of amides is 2. The van der Waals surface area contributed by atoms with Crippen LogP contribution in [0.2, 0.25) is 0 Å². The maximum atomic E-state index is 12.7. The fraction of sp³-hybridized carbons (Fsp3) is 0. The summed E-state index contributed by atoms with van der Waals surface area (Å²) in [5.74, 6) is -1.41. The molecule has 1 saturated heterocycles. The number of benzene rings is 1. The number of thiocarbonyl (C=S) groups is 1. The van der Waals surface area contributed by atoms with Gasteiger partial charge < -0.3 is 0 Å². The Morgan fingerprint density at radius 1 is 1.05 bits per heavy atom. The quantitative estimate of drug-likeness (QED) is 0.486. The van der Waals surface area contributed by atoms with Crippen molar-refractivity contribution in [2.75, 3.05) is 0 Å². The summed E-state index contributed by atoms with van der Waals surface area (Å²) >= 11 is 4.67. The Balaban J connectivity index is 2.13. The molecule has 1 aliphatic rings. The molecule has 0 saturated carbocycles. The van der Waals surface area contributed by atoms with Crippen LogP contribution >= 0.6 is 12.2 Å². The van der Waals surface area contributed by atoms with E-state index in [0.29, 0.717) is 0 Å². The summed E-state index contributed by atoms with van der Waals surface area (Å²) in [4.78, 5) is 23.0. The summed E-state index contributed by atoms with van der Waals surface area (Å²) in [5, 5.41) is 4.64. The number of nitrogens with one attached hydrogen (secondary N) is 2. The van der Waals surface area contributed by atoms with Gasteiger partial charge in [-0.3, -0.25) is 20.2 Å². The molecule has 19 heavy (non-hydrogen) atoms. The standard InChI is InChI=1S/C13H9FN2O2S/c14-9-6-4-8(5-7-9)2-1-3-10-11(17)15-13(19)16-12(10)18/h1-7H,(H2,15,16,17,18,19). The average molecular weight is 276 g/mol. The molecule has 1 aliphatic heterocycles. The van der Waals surface area contributed by atoms with Gasteiger partial charge in [0.2, 0.25) is 0 Å².